The Hall–Kier alpha value is -1.26. The molecule has 21 heavy (non-hydrogen) atoms. The number of likely N-dealkylation sites (tertiary alicyclic amines) is 2. The van der Waals surface area contributed by atoms with Gasteiger partial charge in [-0.15, -0.1) is 0 Å². The number of fused-ring (bicyclic) bond motifs is 1. The summed E-state index contributed by atoms with van der Waals surface area (Å²) in [6, 6.07) is 0.480. The Bertz CT molecular complexity index is 437. The summed E-state index contributed by atoms with van der Waals surface area (Å²) >= 11 is 0. The van der Waals surface area contributed by atoms with Crippen LogP contribution in [0.5, 0.6) is 0 Å². The van der Waals surface area contributed by atoms with Crippen molar-refractivity contribution in [3.05, 3.63) is 0 Å². The van der Waals surface area contributed by atoms with Crippen LogP contribution in [0.1, 0.15) is 51.9 Å². The molecule has 118 valence electrons. The van der Waals surface area contributed by atoms with Crippen LogP contribution in [-0.2, 0) is 4.79 Å². The van der Waals surface area contributed by atoms with E-state index in [1.165, 1.54) is 25.7 Å². The third-order valence-electron chi connectivity index (χ3n) is 5.75. The smallest absolute Gasteiger partial charge is 0.320 e. The molecule has 2 saturated heterocycles. The lowest BCUT2D eigenvalue weighted by atomic mass is 9.78. The largest absolute Gasteiger partial charge is 0.481 e. The molecule has 3 atom stereocenters. The number of carbonyl (C=O) groups excluding carboxylic acids is 1. The number of hydrogen-bond donors (Lipinski definition) is 1. The van der Waals surface area contributed by atoms with Crippen LogP contribution in [0.3, 0.4) is 0 Å². The first kappa shape index (κ1) is 14.7. The minimum absolute atomic E-state index is 0.0802. The van der Waals surface area contributed by atoms with Gasteiger partial charge in [-0.1, -0.05) is 12.8 Å². The molecule has 0 aromatic heterocycles. The molecule has 0 spiro atoms. The van der Waals surface area contributed by atoms with Gasteiger partial charge in [-0.3, -0.25) is 4.79 Å². The second-order valence-corrected chi connectivity index (χ2v) is 7.27. The Balaban J connectivity index is 1.69. The minimum atomic E-state index is -0.785. The summed E-state index contributed by atoms with van der Waals surface area (Å²) in [5.41, 5.74) is -0.766. The molecule has 0 aromatic carbocycles. The first-order valence-corrected chi connectivity index (χ1v) is 8.30. The summed E-state index contributed by atoms with van der Waals surface area (Å²) in [6.45, 7) is 3.53. The molecule has 3 fully saturated rings. The summed E-state index contributed by atoms with van der Waals surface area (Å²) < 4.78 is 0. The Kier molecular flexibility index (Phi) is 3.84. The van der Waals surface area contributed by atoms with Crippen LogP contribution in [0.4, 0.5) is 4.79 Å². The fourth-order valence-corrected chi connectivity index (χ4v) is 4.34. The lowest BCUT2D eigenvalue weighted by molar-refractivity contribution is -0.147. The monoisotopic (exact) mass is 294 g/mol. The topological polar surface area (TPSA) is 60.9 Å². The zero-order valence-electron chi connectivity index (χ0n) is 12.9. The van der Waals surface area contributed by atoms with E-state index in [0.29, 0.717) is 31.5 Å². The molecular weight excluding hydrogens is 268 g/mol. The highest BCUT2D eigenvalue weighted by Gasteiger charge is 2.45. The van der Waals surface area contributed by atoms with Crippen LogP contribution in [-0.4, -0.2) is 52.6 Å². The summed E-state index contributed by atoms with van der Waals surface area (Å²) in [5, 5.41) is 9.32. The Morgan fingerprint density at radius 1 is 1.10 bits per heavy atom. The first-order valence-electron chi connectivity index (χ1n) is 8.30. The number of carboxylic acids is 1. The molecular formula is C16H26N2O3. The summed E-state index contributed by atoms with van der Waals surface area (Å²) in [7, 11) is 0. The molecule has 3 rings (SSSR count). The number of amides is 2. The van der Waals surface area contributed by atoms with Gasteiger partial charge in [0.05, 0.1) is 5.41 Å². The van der Waals surface area contributed by atoms with Gasteiger partial charge < -0.3 is 14.9 Å². The van der Waals surface area contributed by atoms with E-state index in [0.717, 1.165) is 19.4 Å². The maximum atomic E-state index is 12.8. The van der Waals surface area contributed by atoms with E-state index in [9.17, 15) is 14.7 Å². The predicted octanol–water partition coefficient (Wildman–Crippen LogP) is 2.56. The summed E-state index contributed by atoms with van der Waals surface area (Å²) in [4.78, 5) is 28.0. The second-order valence-electron chi connectivity index (χ2n) is 7.27. The van der Waals surface area contributed by atoms with Crippen molar-refractivity contribution in [3.63, 3.8) is 0 Å². The number of urea groups is 1. The molecule has 0 radical (unpaired) electrons. The Morgan fingerprint density at radius 2 is 1.81 bits per heavy atom. The zero-order valence-corrected chi connectivity index (χ0v) is 12.9. The van der Waals surface area contributed by atoms with E-state index in [2.05, 4.69) is 4.90 Å². The molecule has 1 N–H and O–H groups in total. The summed E-state index contributed by atoms with van der Waals surface area (Å²) in [5.74, 6) is -0.114. The third kappa shape index (κ3) is 2.62. The van der Waals surface area contributed by atoms with Gasteiger partial charge in [0, 0.05) is 25.7 Å². The second kappa shape index (κ2) is 5.50. The van der Waals surface area contributed by atoms with Crippen molar-refractivity contribution in [2.75, 3.05) is 19.6 Å². The molecule has 2 amide bonds. The molecule has 2 aliphatic heterocycles. The van der Waals surface area contributed by atoms with Crippen molar-refractivity contribution in [1.82, 2.24) is 9.80 Å². The van der Waals surface area contributed by atoms with Crippen molar-refractivity contribution in [2.24, 2.45) is 11.3 Å². The van der Waals surface area contributed by atoms with Crippen LogP contribution in [0.25, 0.3) is 0 Å². The van der Waals surface area contributed by atoms with Crippen molar-refractivity contribution < 1.29 is 14.7 Å². The maximum Gasteiger partial charge on any atom is 0.320 e. The van der Waals surface area contributed by atoms with Gasteiger partial charge in [-0.25, -0.2) is 4.79 Å². The lowest BCUT2D eigenvalue weighted by Gasteiger charge is -2.45. The predicted molar refractivity (Wildman–Crippen MR) is 79.0 cm³/mol. The first-order chi connectivity index (χ1) is 10.0. The van der Waals surface area contributed by atoms with E-state index in [4.69, 9.17) is 0 Å². The zero-order chi connectivity index (χ0) is 15.0. The molecule has 0 aromatic rings. The lowest BCUT2D eigenvalue weighted by Crippen LogP contribution is -2.54. The molecule has 3 aliphatic rings. The van der Waals surface area contributed by atoms with E-state index in [-0.39, 0.29) is 6.03 Å². The third-order valence-corrected chi connectivity index (χ3v) is 5.75. The van der Waals surface area contributed by atoms with E-state index >= 15 is 0 Å². The average Bonchev–Trinajstić information content (AvgIpc) is 2.90. The number of aliphatic carboxylic acids is 1. The van der Waals surface area contributed by atoms with Crippen LogP contribution in [0, 0.1) is 11.3 Å². The molecule has 5 heteroatoms. The van der Waals surface area contributed by atoms with Gasteiger partial charge in [0.25, 0.3) is 0 Å². The van der Waals surface area contributed by atoms with Crippen LogP contribution < -0.4 is 0 Å². The Morgan fingerprint density at radius 3 is 2.52 bits per heavy atom. The highest BCUT2D eigenvalue weighted by molar-refractivity contribution is 5.79. The highest BCUT2D eigenvalue weighted by Crippen LogP contribution is 2.37. The molecule has 5 nitrogen and oxygen atoms in total. The standard InChI is InChI=1S/C16H26N2O3/c1-16(14(19)20)8-10-17(11-16)15(21)18-9-4-6-12-5-2-3-7-13(12)18/h12-13H,2-11H2,1H3,(H,19,20). The highest BCUT2D eigenvalue weighted by atomic mass is 16.4. The maximum absolute atomic E-state index is 12.8. The van der Waals surface area contributed by atoms with Crippen LogP contribution in [0.2, 0.25) is 0 Å². The van der Waals surface area contributed by atoms with Gasteiger partial charge in [-0.2, -0.15) is 0 Å². The van der Waals surface area contributed by atoms with Crippen molar-refractivity contribution in [3.8, 4) is 0 Å². The van der Waals surface area contributed by atoms with Gasteiger partial charge >= 0.3 is 12.0 Å². The molecule has 3 unspecified atom stereocenters. The Labute approximate surface area is 126 Å². The van der Waals surface area contributed by atoms with Gasteiger partial charge in [0.2, 0.25) is 0 Å². The van der Waals surface area contributed by atoms with Gasteiger partial charge in [0.1, 0.15) is 0 Å². The normalized spacial score (nSPS) is 36.4. The van der Waals surface area contributed by atoms with E-state index in [1.807, 2.05) is 0 Å². The van der Waals surface area contributed by atoms with Crippen LogP contribution >= 0.6 is 0 Å². The number of carbonyl (C=O) groups is 2. The number of rotatable bonds is 1. The molecule has 1 saturated carbocycles. The number of carboxylic acid groups (broad SMARTS) is 1. The molecule has 2 heterocycles. The van der Waals surface area contributed by atoms with E-state index < -0.39 is 11.4 Å². The minimum Gasteiger partial charge on any atom is -0.481 e. The van der Waals surface area contributed by atoms with Crippen molar-refractivity contribution in [2.45, 2.75) is 57.9 Å². The SMILES string of the molecule is CC1(C(=O)O)CCN(C(=O)N2CCCC3CCCCC32)C1. The van der Waals surface area contributed by atoms with E-state index in [1.54, 1.807) is 11.8 Å². The van der Waals surface area contributed by atoms with Gasteiger partial charge in [-0.05, 0) is 44.9 Å². The number of nitrogens with zero attached hydrogens (tertiary/aromatic N) is 2. The van der Waals surface area contributed by atoms with Gasteiger partial charge in [0.15, 0.2) is 0 Å². The van der Waals surface area contributed by atoms with Crippen molar-refractivity contribution in [1.29, 1.82) is 0 Å². The molecule has 0 bridgehead atoms. The average molecular weight is 294 g/mol. The number of piperidine rings is 1. The quantitative estimate of drug-likeness (QED) is 0.808. The van der Waals surface area contributed by atoms with Crippen molar-refractivity contribution >= 4 is 12.0 Å². The summed E-state index contributed by atoms with van der Waals surface area (Å²) in [6.07, 6.45) is 7.80. The fourth-order valence-electron chi connectivity index (χ4n) is 4.34. The molecule has 1 aliphatic carbocycles. The fraction of sp³-hybridized carbons (Fsp3) is 0.875. The van der Waals surface area contributed by atoms with Crippen LogP contribution in [0.15, 0.2) is 0 Å². The number of hydrogen-bond acceptors (Lipinski definition) is 2.